The zero-order valence-electron chi connectivity index (χ0n) is 11.5. The number of nitrogens with zero attached hydrogens (tertiary/aromatic N) is 1. The largest absolute Gasteiger partial charge is 0.396 e. The van der Waals surface area contributed by atoms with Crippen LogP contribution in [0.25, 0.3) is 0 Å². The summed E-state index contributed by atoms with van der Waals surface area (Å²) in [6.07, 6.45) is 2.98. The number of aliphatic hydroxyl groups excluding tert-OH is 1. The summed E-state index contributed by atoms with van der Waals surface area (Å²) in [5, 5.41) is 26.5. The van der Waals surface area contributed by atoms with E-state index in [-0.39, 0.29) is 36.6 Å². The van der Waals surface area contributed by atoms with Gasteiger partial charge in [-0.2, -0.15) is 0 Å². The topological polar surface area (TPSA) is 104 Å². The van der Waals surface area contributed by atoms with Crippen LogP contribution in [-0.4, -0.2) is 28.6 Å². The van der Waals surface area contributed by atoms with Crippen LogP contribution in [0, 0.1) is 16.0 Å². The lowest BCUT2D eigenvalue weighted by atomic mass is 10.0. The fourth-order valence-corrected chi connectivity index (χ4v) is 3.17. The molecule has 1 amide bonds. The number of aliphatic hydroxyl groups is 1. The summed E-state index contributed by atoms with van der Waals surface area (Å²) >= 11 is 0. The molecule has 3 rings (SSSR count). The second-order valence-corrected chi connectivity index (χ2v) is 5.63. The van der Waals surface area contributed by atoms with Gasteiger partial charge in [0, 0.05) is 30.3 Å². The highest BCUT2D eigenvalue weighted by Gasteiger charge is 2.30. The fourth-order valence-electron chi connectivity index (χ4n) is 3.17. The Hall–Kier alpha value is -2.15. The van der Waals surface area contributed by atoms with E-state index in [1.54, 1.807) is 6.07 Å². The van der Waals surface area contributed by atoms with E-state index >= 15 is 0 Å². The number of hydrogen-bond donors (Lipinski definition) is 3. The van der Waals surface area contributed by atoms with Crippen molar-refractivity contribution in [2.24, 2.45) is 5.92 Å². The van der Waals surface area contributed by atoms with Crippen molar-refractivity contribution in [3.8, 4) is 0 Å². The third-order valence-corrected chi connectivity index (χ3v) is 4.28. The van der Waals surface area contributed by atoms with Crippen LogP contribution in [0.5, 0.6) is 0 Å². The summed E-state index contributed by atoms with van der Waals surface area (Å²) in [5.41, 5.74) is 1.68. The van der Waals surface area contributed by atoms with Gasteiger partial charge in [-0.25, -0.2) is 0 Å². The van der Waals surface area contributed by atoms with E-state index in [9.17, 15) is 20.0 Å². The van der Waals surface area contributed by atoms with Gasteiger partial charge >= 0.3 is 0 Å². The average Bonchev–Trinajstić information content (AvgIpc) is 3.02. The number of amides is 1. The van der Waals surface area contributed by atoms with Gasteiger partial charge in [0.05, 0.1) is 11.3 Å². The standard InChI is InChI=1S/C14H17N3O4/c18-7-8-2-1-3-10(8)15-12-6-11-9(5-14(19)16-11)4-13(12)17(20)21/h4,6,8,10,15,18H,1-3,5,7H2,(H,16,19). The number of nitro benzene ring substituents is 1. The minimum atomic E-state index is -0.436. The first-order valence-electron chi connectivity index (χ1n) is 7.07. The van der Waals surface area contributed by atoms with Gasteiger partial charge < -0.3 is 15.7 Å². The van der Waals surface area contributed by atoms with Crippen LogP contribution in [0.3, 0.4) is 0 Å². The number of hydrogen-bond acceptors (Lipinski definition) is 5. The number of benzene rings is 1. The fraction of sp³-hybridized carbons (Fsp3) is 0.500. The summed E-state index contributed by atoms with van der Waals surface area (Å²) in [6, 6.07) is 3.12. The molecule has 2 unspecified atom stereocenters. The lowest BCUT2D eigenvalue weighted by Gasteiger charge is -2.20. The van der Waals surface area contributed by atoms with Gasteiger partial charge in [-0.1, -0.05) is 6.42 Å². The lowest BCUT2D eigenvalue weighted by molar-refractivity contribution is -0.384. The molecule has 0 aromatic heterocycles. The summed E-state index contributed by atoms with van der Waals surface area (Å²) in [6.45, 7) is 0.0765. The maximum absolute atomic E-state index is 11.4. The first-order chi connectivity index (χ1) is 10.1. The highest BCUT2D eigenvalue weighted by Crippen LogP contribution is 2.37. The number of rotatable bonds is 4. The van der Waals surface area contributed by atoms with Crippen LogP contribution >= 0.6 is 0 Å². The first-order valence-corrected chi connectivity index (χ1v) is 7.07. The molecule has 21 heavy (non-hydrogen) atoms. The number of anilines is 2. The van der Waals surface area contributed by atoms with E-state index in [4.69, 9.17) is 0 Å². The molecule has 0 radical (unpaired) electrons. The molecule has 1 heterocycles. The van der Waals surface area contributed by atoms with E-state index < -0.39 is 4.92 Å². The number of carbonyl (C=O) groups excluding carboxylic acids is 1. The Balaban J connectivity index is 1.92. The second kappa shape index (κ2) is 5.33. The van der Waals surface area contributed by atoms with Crippen LogP contribution in [0.2, 0.25) is 0 Å². The molecule has 1 aliphatic carbocycles. The molecule has 0 saturated heterocycles. The Labute approximate surface area is 121 Å². The zero-order valence-corrected chi connectivity index (χ0v) is 11.5. The second-order valence-electron chi connectivity index (χ2n) is 5.63. The van der Waals surface area contributed by atoms with Gasteiger partial charge in [0.2, 0.25) is 5.91 Å². The van der Waals surface area contributed by atoms with Crippen LogP contribution in [-0.2, 0) is 11.2 Å². The molecule has 2 atom stereocenters. The van der Waals surface area contributed by atoms with Crippen LogP contribution in [0.15, 0.2) is 12.1 Å². The highest BCUT2D eigenvalue weighted by atomic mass is 16.6. The molecule has 0 spiro atoms. The minimum Gasteiger partial charge on any atom is -0.396 e. The van der Waals surface area contributed by atoms with Crippen molar-refractivity contribution >= 4 is 23.0 Å². The number of fused-ring (bicyclic) bond motifs is 1. The molecule has 7 nitrogen and oxygen atoms in total. The summed E-state index contributed by atoms with van der Waals surface area (Å²) in [7, 11) is 0. The molecule has 2 aliphatic rings. The van der Waals surface area contributed by atoms with Crippen molar-refractivity contribution in [1.29, 1.82) is 0 Å². The average molecular weight is 291 g/mol. The molecule has 1 aromatic rings. The normalized spacial score (nSPS) is 23.8. The smallest absolute Gasteiger partial charge is 0.292 e. The van der Waals surface area contributed by atoms with Crippen molar-refractivity contribution in [3.05, 3.63) is 27.8 Å². The van der Waals surface area contributed by atoms with Crippen molar-refractivity contribution < 1.29 is 14.8 Å². The van der Waals surface area contributed by atoms with Crippen molar-refractivity contribution in [3.63, 3.8) is 0 Å². The van der Waals surface area contributed by atoms with Gasteiger partial charge in [-0.05, 0) is 24.5 Å². The quantitative estimate of drug-likeness (QED) is 0.578. The van der Waals surface area contributed by atoms with E-state index in [2.05, 4.69) is 10.6 Å². The van der Waals surface area contributed by atoms with E-state index in [1.165, 1.54) is 6.07 Å². The Morgan fingerprint density at radius 3 is 2.95 bits per heavy atom. The Kier molecular flexibility index (Phi) is 3.50. The highest BCUT2D eigenvalue weighted by molar-refractivity contribution is 6.00. The number of nitro groups is 1. The van der Waals surface area contributed by atoms with Gasteiger partial charge in [-0.3, -0.25) is 14.9 Å². The Morgan fingerprint density at radius 2 is 2.24 bits per heavy atom. The SMILES string of the molecule is O=C1Cc2cc([N+](=O)[O-])c(NC3CCCC3CO)cc2N1. The third-order valence-electron chi connectivity index (χ3n) is 4.28. The van der Waals surface area contributed by atoms with Gasteiger partial charge in [-0.15, -0.1) is 0 Å². The van der Waals surface area contributed by atoms with Crippen LogP contribution < -0.4 is 10.6 Å². The number of nitrogens with one attached hydrogen (secondary N) is 2. The molecule has 1 aliphatic heterocycles. The van der Waals surface area contributed by atoms with E-state index in [0.717, 1.165) is 19.3 Å². The molecule has 112 valence electrons. The van der Waals surface area contributed by atoms with Crippen molar-refractivity contribution in [2.75, 3.05) is 17.2 Å². The number of carbonyl (C=O) groups is 1. The predicted octanol–water partition coefficient (Wildman–Crippen LogP) is 1.66. The molecular weight excluding hydrogens is 274 g/mol. The Bertz CT molecular complexity index is 602. The van der Waals surface area contributed by atoms with Crippen LogP contribution in [0.4, 0.5) is 17.1 Å². The summed E-state index contributed by atoms with van der Waals surface area (Å²) < 4.78 is 0. The molecule has 1 aromatic carbocycles. The summed E-state index contributed by atoms with van der Waals surface area (Å²) in [5.74, 6) is -0.0296. The van der Waals surface area contributed by atoms with Gasteiger partial charge in [0.15, 0.2) is 0 Å². The molecule has 1 saturated carbocycles. The Morgan fingerprint density at radius 1 is 1.43 bits per heavy atom. The molecule has 0 bridgehead atoms. The molecule has 7 heteroatoms. The monoisotopic (exact) mass is 291 g/mol. The maximum Gasteiger partial charge on any atom is 0.292 e. The third kappa shape index (κ3) is 2.56. The van der Waals surface area contributed by atoms with E-state index in [1.807, 2.05) is 0 Å². The van der Waals surface area contributed by atoms with E-state index in [0.29, 0.717) is 16.9 Å². The maximum atomic E-state index is 11.4. The molecule has 3 N–H and O–H groups in total. The summed E-state index contributed by atoms with van der Waals surface area (Å²) in [4.78, 5) is 22.2. The molecule has 1 fully saturated rings. The predicted molar refractivity (Wildman–Crippen MR) is 77.3 cm³/mol. The lowest BCUT2D eigenvalue weighted by Crippen LogP contribution is -2.26. The molecular formula is C14H17N3O4. The van der Waals surface area contributed by atoms with Gasteiger partial charge in [0.25, 0.3) is 5.69 Å². The minimum absolute atomic E-state index is 0.0196. The first kappa shape index (κ1) is 13.8. The van der Waals surface area contributed by atoms with Gasteiger partial charge in [0.1, 0.15) is 5.69 Å². The zero-order chi connectivity index (χ0) is 15.0. The van der Waals surface area contributed by atoms with Crippen molar-refractivity contribution in [2.45, 2.75) is 31.7 Å². The van der Waals surface area contributed by atoms with Crippen molar-refractivity contribution in [1.82, 2.24) is 0 Å². The van der Waals surface area contributed by atoms with Crippen LogP contribution in [0.1, 0.15) is 24.8 Å².